The van der Waals surface area contributed by atoms with Gasteiger partial charge in [0.1, 0.15) is 0 Å². The van der Waals surface area contributed by atoms with E-state index in [1.807, 2.05) is 0 Å². The molecule has 184 valence electrons. The van der Waals surface area contributed by atoms with Gasteiger partial charge in [-0.25, -0.2) is 0 Å². The fraction of sp³-hybridized carbons (Fsp3) is 0.242. The summed E-state index contributed by atoms with van der Waals surface area (Å²) in [5.74, 6) is 0.633. The SMILES string of the molecule is N=C(N(CCc1ccccc1)CCc1ccccc1)N(CCc1ccccc1)CCc1ccccc1. The molecule has 1 N–H and O–H groups in total. The van der Waals surface area contributed by atoms with Crippen LogP contribution in [0.1, 0.15) is 22.3 Å². The molecule has 0 atom stereocenters. The molecule has 0 unspecified atom stereocenters. The molecular weight excluding hydrogens is 438 g/mol. The minimum absolute atomic E-state index is 0.633. The first-order valence-corrected chi connectivity index (χ1v) is 13.0. The fourth-order valence-corrected chi connectivity index (χ4v) is 4.48. The maximum absolute atomic E-state index is 9.32. The van der Waals surface area contributed by atoms with Crippen molar-refractivity contribution in [2.24, 2.45) is 0 Å². The van der Waals surface area contributed by atoms with Crippen LogP contribution < -0.4 is 0 Å². The summed E-state index contributed by atoms with van der Waals surface area (Å²) >= 11 is 0. The standard InChI is InChI=1S/C33H37N3/c34-33(35(25-21-29-13-5-1-6-14-29)26-22-30-15-7-2-8-16-30)36(27-23-31-17-9-3-10-18-31)28-24-32-19-11-4-12-20-32/h1-20,34H,21-28H2. The van der Waals surface area contributed by atoms with Crippen LogP contribution in [0.3, 0.4) is 0 Å². The zero-order valence-electron chi connectivity index (χ0n) is 21.1. The zero-order valence-corrected chi connectivity index (χ0v) is 21.1. The molecule has 0 fully saturated rings. The average molecular weight is 476 g/mol. The van der Waals surface area contributed by atoms with E-state index in [9.17, 15) is 5.41 Å². The highest BCUT2D eigenvalue weighted by atomic mass is 15.4. The minimum atomic E-state index is 0.633. The fourth-order valence-electron chi connectivity index (χ4n) is 4.48. The molecule has 0 aliphatic heterocycles. The van der Waals surface area contributed by atoms with Crippen LogP contribution in [0.25, 0.3) is 0 Å². The van der Waals surface area contributed by atoms with Crippen LogP contribution in [0.2, 0.25) is 0 Å². The normalized spacial score (nSPS) is 10.7. The molecule has 0 heterocycles. The molecule has 0 spiro atoms. The summed E-state index contributed by atoms with van der Waals surface area (Å²) in [5.41, 5.74) is 5.26. The van der Waals surface area contributed by atoms with Crippen molar-refractivity contribution in [2.45, 2.75) is 25.7 Å². The molecule has 4 aromatic carbocycles. The summed E-state index contributed by atoms with van der Waals surface area (Å²) < 4.78 is 0. The Bertz CT molecular complexity index is 965. The van der Waals surface area contributed by atoms with Gasteiger partial charge in [0, 0.05) is 26.2 Å². The van der Waals surface area contributed by atoms with Gasteiger partial charge in [0.25, 0.3) is 0 Å². The Morgan fingerprint density at radius 2 is 0.611 bits per heavy atom. The van der Waals surface area contributed by atoms with E-state index in [2.05, 4.69) is 131 Å². The molecule has 0 aliphatic carbocycles. The Balaban J connectivity index is 1.48. The van der Waals surface area contributed by atoms with Crippen LogP contribution in [0.15, 0.2) is 121 Å². The van der Waals surface area contributed by atoms with Crippen LogP contribution in [-0.4, -0.2) is 41.9 Å². The van der Waals surface area contributed by atoms with E-state index < -0.39 is 0 Å². The lowest BCUT2D eigenvalue weighted by Gasteiger charge is -2.34. The summed E-state index contributed by atoms with van der Waals surface area (Å²) in [6, 6.07) is 42.5. The van der Waals surface area contributed by atoms with Gasteiger partial charge in [0.05, 0.1) is 0 Å². The predicted molar refractivity (Wildman–Crippen MR) is 151 cm³/mol. The van der Waals surface area contributed by atoms with E-state index in [-0.39, 0.29) is 0 Å². The van der Waals surface area contributed by atoms with Crippen molar-refractivity contribution in [3.63, 3.8) is 0 Å². The smallest absolute Gasteiger partial charge is 0.193 e. The third-order valence-corrected chi connectivity index (χ3v) is 6.65. The molecular formula is C33H37N3. The van der Waals surface area contributed by atoms with Crippen molar-refractivity contribution in [1.29, 1.82) is 5.41 Å². The van der Waals surface area contributed by atoms with Gasteiger partial charge in [0.2, 0.25) is 0 Å². The number of nitrogens with one attached hydrogen (secondary N) is 1. The molecule has 0 amide bonds. The summed E-state index contributed by atoms with van der Waals surface area (Å²) in [4.78, 5) is 4.55. The Kier molecular flexibility index (Phi) is 9.74. The zero-order chi connectivity index (χ0) is 24.8. The van der Waals surface area contributed by atoms with E-state index in [0.29, 0.717) is 5.96 Å². The molecule has 0 aromatic heterocycles. The first-order chi connectivity index (χ1) is 17.8. The quantitative estimate of drug-likeness (QED) is 0.187. The van der Waals surface area contributed by atoms with E-state index in [1.54, 1.807) is 0 Å². The van der Waals surface area contributed by atoms with Crippen LogP contribution in [-0.2, 0) is 25.7 Å². The highest BCUT2D eigenvalue weighted by Crippen LogP contribution is 2.11. The van der Waals surface area contributed by atoms with Gasteiger partial charge in [-0.3, -0.25) is 5.41 Å². The Morgan fingerprint density at radius 1 is 0.389 bits per heavy atom. The molecule has 36 heavy (non-hydrogen) atoms. The number of rotatable bonds is 12. The summed E-state index contributed by atoms with van der Waals surface area (Å²) in [7, 11) is 0. The van der Waals surface area contributed by atoms with Gasteiger partial charge in [-0.05, 0) is 47.9 Å². The van der Waals surface area contributed by atoms with Gasteiger partial charge < -0.3 is 9.80 Å². The molecule has 0 bridgehead atoms. The van der Waals surface area contributed by atoms with Crippen molar-refractivity contribution in [3.8, 4) is 0 Å². The largest absolute Gasteiger partial charge is 0.342 e. The third-order valence-electron chi connectivity index (χ3n) is 6.65. The predicted octanol–water partition coefficient (Wildman–Crippen LogP) is 6.50. The molecule has 3 heteroatoms. The van der Waals surface area contributed by atoms with Crippen molar-refractivity contribution >= 4 is 5.96 Å². The number of guanidine groups is 1. The monoisotopic (exact) mass is 475 g/mol. The summed E-state index contributed by atoms with van der Waals surface area (Å²) in [6.07, 6.45) is 3.74. The van der Waals surface area contributed by atoms with Gasteiger partial charge >= 0.3 is 0 Å². The molecule has 0 aliphatic rings. The second-order valence-electron chi connectivity index (χ2n) is 9.24. The van der Waals surface area contributed by atoms with Crippen molar-refractivity contribution in [3.05, 3.63) is 144 Å². The van der Waals surface area contributed by atoms with Gasteiger partial charge in [-0.15, -0.1) is 0 Å². The minimum Gasteiger partial charge on any atom is -0.342 e. The summed E-state index contributed by atoms with van der Waals surface area (Å²) in [5, 5.41) is 9.32. The molecule has 4 rings (SSSR count). The number of nitrogens with zero attached hydrogens (tertiary/aromatic N) is 2. The van der Waals surface area contributed by atoms with Gasteiger partial charge in [-0.1, -0.05) is 121 Å². The molecule has 0 saturated heterocycles. The first kappa shape index (κ1) is 25.2. The van der Waals surface area contributed by atoms with Crippen LogP contribution >= 0.6 is 0 Å². The average Bonchev–Trinajstić information content (AvgIpc) is 2.95. The molecule has 3 nitrogen and oxygen atoms in total. The summed E-state index contributed by atoms with van der Waals surface area (Å²) in [6.45, 7) is 3.34. The van der Waals surface area contributed by atoms with Crippen molar-refractivity contribution < 1.29 is 0 Å². The Morgan fingerprint density at radius 3 is 0.833 bits per heavy atom. The van der Waals surface area contributed by atoms with Crippen LogP contribution in [0.4, 0.5) is 0 Å². The number of hydrogen-bond donors (Lipinski definition) is 1. The Hall–Kier alpha value is -3.85. The first-order valence-electron chi connectivity index (χ1n) is 13.0. The van der Waals surface area contributed by atoms with Gasteiger partial charge in [0.15, 0.2) is 5.96 Å². The third kappa shape index (κ3) is 8.13. The van der Waals surface area contributed by atoms with Crippen LogP contribution in [0, 0.1) is 5.41 Å². The Labute approximate surface area is 216 Å². The van der Waals surface area contributed by atoms with Crippen molar-refractivity contribution in [2.75, 3.05) is 26.2 Å². The highest BCUT2D eigenvalue weighted by Gasteiger charge is 2.18. The lowest BCUT2D eigenvalue weighted by Crippen LogP contribution is -2.47. The molecule has 4 aromatic rings. The van der Waals surface area contributed by atoms with Crippen LogP contribution in [0.5, 0.6) is 0 Å². The van der Waals surface area contributed by atoms with E-state index in [4.69, 9.17) is 0 Å². The highest BCUT2D eigenvalue weighted by molar-refractivity contribution is 5.77. The van der Waals surface area contributed by atoms with E-state index in [1.165, 1.54) is 22.3 Å². The maximum Gasteiger partial charge on any atom is 0.193 e. The van der Waals surface area contributed by atoms with E-state index >= 15 is 0 Å². The molecule has 0 saturated carbocycles. The topological polar surface area (TPSA) is 30.3 Å². The number of benzene rings is 4. The van der Waals surface area contributed by atoms with Crippen molar-refractivity contribution in [1.82, 2.24) is 9.80 Å². The lowest BCUT2D eigenvalue weighted by atomic mass is 10.1. The van der Waals surface area contributed by atoms with E-state index in [0.717, 1.165) is 51.9 Å². The molecule has 0 radical (unpaired) electrons. The van der Waals surface area contributed by atoms with Gasteiger partial charge in [-0.2, -0.15) is 0 Å². The second kappa shape index (κ2) is 13.9. The maximum atomic E-state index is 9.32. The second-order valence-corrected chi connectivity index (χ2v) is 9.24. The number of hydrogen-bond acceptors (Lipinski definition) is 1. The lowest BCUT2D eigenvalue weighted by molar-refractivity contribution is 0.317.